The molecule has 3 atom stereocenters. The summed E-state index contributed by atoms with van der Waals surface area (Å²) in [5.74, 6) is 1.66. The van der Waals surface area contributed by atoms with E-state index in [-0.39, 0.29) is 12.1 Å². The zero-order valence-electron chi connectivity index (χ0n) is 12.4. The van der Waals surface area contributed by atoms with Gasteiger partial charge in [0.25, 0.3) is 0 Å². The predicted octanol–water partition coefficient (Wildman–Crippen LogP) is 2.39. The molecule has 0 aromatic heterocycles. The molecule has 19 heavy (non-hydrogen) atoms. The summed E-state index contributed by atoms with van der Waals surface area (Å²) in [6.07, 6.45) is 9.71. The monoisotopic (exact) mass is 266 g/mol. The molecule has 1 saturated carbocycles. The van der Waals surface area contributed by atoms with Gasteiger partial charge in [0.2, 0.25) is 0 Å². The topological polar surface area (TPSA) is 38.5 Å². The Morgan fingerprint density at radius 1 is 1.21 bits per heavy atom. The maximum Gasteiger partial charge on any atom is 0.0856 e. The van der Waals surface area contributed by atoms with E-state index in [0.29, 0.717) is 12.0 Å². The summed E-state index contributed by atoms with van der Waals surface area (Å²) in [4.78, 5) is 2.62. The first-order valence-corrected chi connectivity index (χ1v) is 8.39. The van der Waals surface area contributed by atoms with Crippen LogP contribution in [0.25, 0.3) is 0 Å². The van der Waals surface area contributed by atoms with Gasteiger partial charge in [-0.25, -0.2) is 0 Å². The van der Waals surface area contributed by atoms with Gasteiger partial charge in [-0.1, -0.05) is 26.2 Å². The highest BCUT2D eigenvalue weighted by Gasteiger charge is 2.37. The van der Waals surface area contributed by atoms with Crippen molar-refractivity contribution in [2.45, 2.75) is 70.1 Å². The van der Waals surface area contributed by atoms with Crippen LogP contribution in [-0.4, -0.2) is 42.8 Å². The Morgan fingerprint density at radius 3 is 2.74 bits per heavy atom. The first-order chi connectivity index (χ1) is 9.28. The van der Waals surface area contributed by atoms with Gasteiger partial charge in [0.05, 0.1) is 12.7 Å². The van der Waals surface area contributed by atoms with Crippen molar-refractivity contribution in [3.8, 4) is 0 Å². The van der Waals surface area contributed by atoms with Gasteiger partial charge in [-0.3, -0.25) is 4.90 Å². The summed E-state index contributed by atoms with van der Waals surface area (Å²) in [6, 6.07) is 0.957. The van der Waals surface area contributed by atoms with E-state index in [1.165, 1.54) is 51.5 Å². The SMILES string of the molecule is CCC1CCC(C(N)C2CN3CCCC3CO2)CC1. The number of nitrogens with two attached hydrogens (primary N) is 1. The third-order valence-electron chi connectivity index (χ3n) is 5.86. The molecule has 3 aliphatic rings. The fourth-order valence-electron chi connectivity index (χ4n) is 4.36. The van der Waals surface area contributed by atoms with Crippen molar-refractivity contribution in [2.24, 2.45) is 17.6 Å². The Labute approximate surface area is 117 Å². The molecular formula is C16H30N2O. The molecule has 3 rings (SSSR count). The molecule has 3 nitrogen and oxygen atoms in total. The summed E-state index contributed by atoms with van der Waals surface area (Å²) in [6.45, 7) is 5.59. The number of morpholine rings is 1. The Bertz CT molecular complexity index is 288. The molecule has 3 heteroatoms. The van der Waals surface area contributed by atoms with Crippen LogP contribution in [0.3, 0.4) is 0 Å². The molecule has 2 heterocycles. The van der Waals surface area contributed by atoms with E-state index < -0.39 is 0 Å². The fourth-order valence-corrected chi connectivity index (χ4v) is 4.36. The van der Waals surface area contributed by atoms with E-state index in [4.69, 9.17) is 10.5 Å². The molecule has 0 aromatic rings. The second-order valence-corrected chi connectivity index (χ2v) is 6.93. The summed E-state index contributed by atoms with van der Waals surface area (Å²) in [5, 5.41) is 0. The molecule has 110 valence electrons. The predicted molar refractivity (Wildman–Crippen MR) is 78.0 cm³/mol. The lowest BCUT2D eigenvalue weighted by atomic mass is 9.76. The fraction of sp³-hybridized carbons (Fsp3) is 1.00. The summed E-state index contributed by atoms with van der Waals surface area (Å²) >= 11 is 0. The highest BCUT2D eigenvalue weighted by atomic mass is 16.5. The van der Waals surface area contributed by atoms with E-state index in [1.807, 2.05) is 0 Å². The summed E-state index contributed by atoms with van der Waals surface area (Å²) in [5.41, 5.74) is 6.54. The Hall–Kier alpha value is -0.120. The van der Waals surface area contributed by atoms with Gasteiger partial charge in [0.15, 0.2) is 0 Å². The lowest BCUT2D eigenvalue weighted by Crippen LogP contribution is -2.55. The first-order valence-electron chi connectivity index (χ1n) is 8.39. The third kappa shape index (κ3) is 2.98. The molecule has 0 spiro atoms. The quantitative estimate of drug-likeness (QED) is 0.852. The van der Waals surface area contributed by atoms with Crippen molar-refractivity contribution >= 4 is 0 Å². The lowest BCUT2D eigenvalue weighted by Gasteiger charge is -2.41. The van der Waals surface area contributed by atoms with Crippen molar-refractivity contribution in [1.82, 2.24) is 4.90 Å². The minimum atomic E-state index is 0.263. The van der Waals surface area contributed by atoms with E-state index in [0.717, 1.165) is 19.1 Å². The van der Waals surface area contributed by atoms with Gasteiger partial charge in [0, 0.05) is 18.6 Å². The molecule has 3 fully saturated rings. The lowest BCUT2D eigenvalue weighted by molar-refractivity contribution is -0.0699. The number of nitrogens with zero attached hydrogens (tertiary/aromatic N) is 1. The van der Waals surface area contributed by atoms with Gasteiger partial charge < -0.3 is 10.5 Å². The Balaban J connectivity index is 1.51. The van der Waals surface area contributed by atoms with Crippen molar-refractivity contribution < 1.29 is 4.74 Å². The zero-order chi connectivity index (χ0) is 13.2. The average Bonchev–Trinajstić information content (AvgIpc) is 2.94. The molecule has 0 amide bonds. The van der Waals surface area contributed by atoms with Crippen LogP contribution >= 0.6 is 0 Å². The molecule has 0 aromatic carbocycles. The van der Waals surface area contributed by atoms with Gasteiger partial charge in [0.1, 0.15) is 0 Å². The van der Waals surface area contributed by atoms with Crippen molar-refractivity contribution in [2.75, 3.05) is 19.7 Å². The standard InChI is InChI=1S/C16H30N2O/c1-2-12-5-7-13(8-6-12)16(17)15-10-18-9-3-4-14(18)11-19-15/h12-16H,2-11,17H2,1H3. The second kappa shape index (κ2) is 6.11. The smallest absolute Gasteiger partial charge is 0.0856 e. The van der Waals surface area contributed by atoms with Crippen LogP contribution in [0.1, 0.15) is 51.9 Å². The normalized spacial score (nSPS) is 42.0. The largest absolute Gasteiger partial charge is 0.374 e. The van der Waals surface area contributed by atoms with Gasteiger partial charge in [-0.15, -0.1) is 0 Å². The van der Waals surface area contributed by atoms with Crippen LogP contribution in [-0.2, 0) is 4.74 Å². The second-order valence-electron chi connectivity index (χ2n) is 6.93. The first kappa shape index (κ1) is 13.8. The van der Waals surface area contributed by atoms with Crippen LogP contribution in [0.15, 0.2) is 0 Å². The van der Waals surface area contributed by atoms with Crippen molar-refractivity contribution in [3.63, 3.8) is 0 Å². The van der Waals surface area contributed by atoms with Gasteiger partial charge >= 0.3 is 0 Å². The minimum Gasteiger partial charge on any atom is -0.374 e. The van der Waals surface area contributed by atoms with Gasteiger partial charge in [-0.2, -0.15) is 0 Å². The van der Waals surface area contributed by atoms with Crippen LogP contribution in [0.4, 0.5) is 0 Å². The van der Waals surface area contributed by atoms with Crippen LogP contribution in [0.5, 0.6) is 0 Å². The van der Waals surface area contributed by atoms with Crippen LogP contribution < -0.4 is 5.73 Å². The van der Waals surface area contributed by atoms with Crippen molar-refractivity contribution in [1.29, 1.82) is 0 Å². The van der Waals surface area contributed by atoms with Gasteiger partial charge in [-0.05, 0) is 44.1 Å². The molecule has 1 aliphatic carbocycles. The highest BCUT2D eigenvalue weighted by molar-refractivity contribution is 4.92. The molecule has 0 radical (unpaired) electrons. The van der Waals surface area contributed by atoms with Crippen LogP contribution in [0.2, 0.25) is 0 Å². The van der Waals surface area contributed by atoms with E-state index >= 15 is 0 Å². The Kier molecular flexibility index (Phi) is 4.45. The van der Waals surface area contributed by atoms with E-state index in [9.17, 15) is 0 Å². The third-order valence-corrected chi connectivity index (χ3v) is 5.86. The number of rotatable bonds is 3. The number of hydrogen-bond donors (Lipinski definition) is 1. The van der Waals surface area contributed by atoms with Crippen molar-refractivity contribution in [3.05, 3.63) is 0 Å². The number of fused-ring (bicyclic) bond motifs is 1. The number of ether oxygens (including phenoxy) is 1. The minimum absolute atomic E-state index is 0.263. The van der Waals surface area contributed by atoms with E-state index in [1.54, 1.807) is 0 Å². The van der Waals surface area contributed by atoms with Crippen LogP contribution in [0, 0.1) is 11.8 Å². The number of hydrogen-bond acceptors (Lipinski definition) is 3. The Morgan fingerprint density at radius 2 is 2.00 bits per heavy atom. The molecule has 2 saturated heterocycles. The molecular weight excluding hydrogens is 236 g/mol. The molecule has 2 aliphatic heterocycles. The summed E-state index contributed by atoms with van der Waals surface area (Å²) in [7, 11) is 0. The zero-order valence-corrected chi connectivity index (χ0v) is 12.4. The molecule has 3 unspecified atom stereocenters. The molecule has 2 N–H and O–H groups in total. The van der Waals surface area contributed by atoms with E-state index in [2.05, 4.69) is 11.8 Å². The highest BCUT2D eigenvalue weighted by Crippen LogP contribution is 2.34. The summed E-state index contributed by atoms with van der Waals surface area (Å²) < 4.78 is 6.09. The maximum absolute atomic E-state index is 6.54. The maximum atomic E-state index is 6.54. The molecule has 0 bridgehead atoms. The average molecular weight is 266 g/mol.